The Balaban J connectivity index is 1.84. The summed E-state index contributed by atoms with van der Waals surface area (Å²) in [5.41, 5.74) is 3.32. The number of hydrogen-bond acceptors (Lipinski definition) is 5. The van der Waals surface area contributed by atoms with E-state index in [4.69, 9.17) is 14.2 Å². The Bertz CT molecular complexity index is 1200. The summed E-state index contributed by atoms with van der Waals surface area (Å²) in [4.78, 5) is 20.1. The highest BCUT2D eigenvalue weighted by Crippen LogP contribution is 2.36. The second kappa shape index (κ2) is 8.51. The molecule has 154 valence electrons. The molecule has 2 heterocycles. The number of pyridine rings is 1. The normalized spacial score (nSPS) is 11.2. The molecule has 0 bridgehead atoms. The number of halogens is 1. The maximum Gasteiger partial charge on any atom is 0.357 e. The van der Waals surface area contributed by atoms with Crippen LogP contribution in [0.25, 0.3) is 21.8 Å². The zero-order chi connectivity index (χ0) is 21.1. The molecule has 0 atom stereocenters. The van der Waals surface area contributed by atoms with E-state index in [0.29, 0.717) is 11.3 Å². The summed E-state index contributed by atoms with van der Waals surface area (Å²) in [6.07, 6.45) is 1.62. The Morgan fingerprint density at radius 3 is 2.60 bits per heavy atom. The summed E-state index contributed by atoms with van der Waals surface area (Å²) in [6, 6.07) is 11.8. The monoisotopic (exact) mass is 408 g/mol. The number of ether oxygens (including phenoxy) is 3. The van der Waals surface area contributed by atoms with Crippen LogP contribution in [0.15, 0.2) is 48.7 Å². The summed E-state index contributed by atoms with van der Waals surface area (Å²) in [5, 5.41) is 1.63. The number of aromatic amines is 1. The highest BCUT2D eigenvalue weighted by molar-refractivity contribution is 6.13. The summed E-state index contributed by atoms with van der Waals surface area (Å²) in [5.74, 6) is -0.146. The number of rotatable bonds is 7. The third kappa shape index (κ3) is 3.71. The molecule has 0 unspecified atom stereocenters. The van der Waals surface area contributed by atoms with Crippen molar-refractivity contribution < 1.29 is 23.4 Å². The minimum atomic E-state index is -0.495. The number of H-pyrrole nitrogens is 1. The average molecular weight is 408 g/mol. The van der Waals surface area contributed by atoms with Gasteiger partial charge in [0, 0.05) is 23.4 Å². The van der Waals surface area contributed by atoms with Gasteiger partial charge in [-0.25, -0.2) is 14.2 Å². The van der Waals surface area contributed by atoms with Crippen molar-refractivity contribution in [2.45, 2.75) is 20.1 Å². The molecule has 2 aromatic heterocycles. The van der Waals surface area contributed by atoms with Gasteiger partial charge in [-0.15, -0.1) is 0 Å². The second-order valence-electron chi connectivity index (χ2n) is 6.75. The smallest absolute Gasteiger partial charge is 0.357 e. The van der Waals surface area contributed by atoms with Crippen LogP contribution in [-0.2, 0) is 22.7 Å². The van der Waals surface area contributed by atoms with Crippen molar-refractivity contribution in [3.8, 4) is 5.75 Å². The van der Waals surface area contributed by atoms with Crippen molar-refractivity contribution in [2.24, 2.45) is 0 Å². The van der Waals surface area contributed by atoms with E-state index in [2.05, 4.69) is 9.97 Å². The first-order valence-corrected chi connectivity index (χ1v) is 9.58. The van der Waals surface area contributed by atoms with Crippen LogP contribution >= 0.6 is 0 Å². The van der Waals surface area contributed by atoms with E-state index >= 15 is 0 Å². The molecule has 7 heteroatoms. The van der Waals surface area contributed by atoms with Gasteiger partial charge < -0.3 is 19.2 Å². The topological polar surface area (TPSA) is 73.4 Å². The third-order valence-electron chi connectivity index (χ3n) is 4.79. The summed E-state index contributed by atoms with van der Waals surface area (Å²) < 4.78 is 29.8. The first kappa shape index (κ1) is 19.8. The Morgan fingerprint density at radius 1 is 1.07 bits per heavy atom. The molecule has 0 spiro atoms. The lowest BCUT2D eigenvalue weighted by molar-refractivity contribution is 0.0514. The number of nitrogens with zero attached hydrogens (tertiary/aromatic N) is 1. The number of carbonyl (C=O) groups excluding carboxylic acids is 1. The predicted octanol–water partition coefficient (Wildman–Crippen LogP) is 4.76. The van der Waals surface area contributed by atoms with E-state index in [1.165, 1.54) is 12.1 Å². The lowest BCUT2D eigenvalue weighted by Crippen LogP contribution is -2.11. The van der Waals surface area contributed by atoms with Crippen molar-refractivity contribution in [3.63, 3.8) is 0 Å². The number of hydrogen-bond donors (Lipinski definition) is 1. The van der Waals surface area contributed by atoms with Crippen LogP contribution in [0.3, 0.4) is 0 Å². The molecule has 0 saturated carbocycles. The molecule has 0 saturated heterocycles. The number of aromatic nitrogens is 2. The highest BCUT2D eigenvalue weighted by Gasteiger charge is 2.21. The van der Waals surface area contributed by atoms with Crippen LogP contribution in [0.4, 0.5) is 4.39 Å². The molecule has 2 aromatic carbocycles. The maximum atomic E-state index is 13.2. The number of benzene rings is 2. The highest BCUT2D eigenvalue weighted by atomic mass is 19.1. The molecule has 0 amide bonds. The Morgan fingerprint density at radius 2 is 1.87 bits per heavy atom. The lowest BCUT2D eigenvalue weighted by atomic mass is 10.0. The van der Waals surface area contributed by atoms with E-state index in [-0.39, 0.29) is 31.3 Å². The quantitative estimate of drug-likeness (QED) is 0.447. The van der Waals surface area contributed by atoms with Crippen molar-refractivity contribution >= 4 is 27.8 Å². The standard InChI is InChI=1S/C23H21FN2O4/c1-3-29-23(27)22-16(13-28-2)20-18(11-25-22)26-17-5-4-6-19(21(17)20)30-12-14-7-9-15(24)10-8-14/h4-11,26H,3,12-13H2,1-2H3. The van der Waals surface area contributed by atoms with Gasteiger partial charge in [-0.1, -0.05) is 18.2 Å². The Labute approximate surface area is 172 Å². The fourth-order valence-electron chi connectivity index (χ4n) is 3.49. The van der Waals surface area contributed by atoms with E-state index in [1.807, 2.05) is 18.2 Å². The summed E-state index contributed by atoms with van der Waals surface area (Å²) in [6.45, 7) is 2.48. The van der Waals surface area contributed by atoms with Gasteiger partial charge in [-0.2, -0.15) is 0 Å². The van der Waals surface area contributed by atoms with Gasteiger partial charge in [0.1, 0.15) is 18.2 Å². The van der Waals surface area contributed by atoms with Crippen molar-refractivity contribution in [1.29, 1.82) is 0 Å². The Kier molecular flexibility index (Phi) is 5.63. The maximum absolute atomic E-state index is 13.2. The molecule has 4 aromatic rings. The van der Waals surface area contributed by atoms with E-state index in [0.717, 1.165) is 27.4 Å². The fraction of sp³-hybridized carbons (Fsp3) is 0.217. The largest absolute Gasteiger partial charge is 0.488 e. The summed E-state index contributed by atoms with van der Waals surface area (Å²) >= 11 is 0. The lowest BCUT2D eigenvalue weighted by Gasteiger charge is -2.11. The SMILES string of the molecule is CCOC(=O)c1ncc2[nH]c3cccc(OCc4ccc(F)cc4)c3c2c1COC. The zero-order valence-corrected chi connectivity index (χ0v) is 16.7. The number of esters is 1. The second-order valence-corrected chi connectivity index (χ2v) is 6.75. The minimum absolute atomic E-state index is 0.192. The van der Waals surface area contributed by atoms with Crippen LogP contribution < -0.4 is 4.74 Å². The van der Waals surface area contributed by atoms with Gasteiger partial charge in [0.05, 0.1) is 30.4 Å². The van der Waals surface area contributed by atoms with Gasteiger partial charge >= 0.3 is 5.97 Å². The van der Waals surface area contributed by atoms with Crippen LogP contribution in [-0.4, -0.2) is 29.7 Å². The number of fused-ring (bicyclic) bond motifs is 3. The fourth-order valence-corrected chi connectivity index (χ4v) is 3.49. The molecule has 4 rings (SSSR count). The molecule has 30 heavy (non-hydrogen) atoms. The van der Waals surface area contributed by atoms with Crippen LogP contribution in [0.1, 0.15) is 28.5 Å². The van der Waals surface area contributed by atoms with Crippen molar-refractivity contribution in [2.75, 3.05) is 13.7 Å². The molecule has 0 aliphatic carbocycles. The first-order valence-electron chi connectivity index (χ1n) is 9.58. The summed E-state index contributed by atoms with van der Waals surface area (Å²) in [7, 11) is 1.56. The molecular weight excluding hydrogens is 387 g/mol. The van der Waals surface area contributed by atoms with E-state index in [1.54, 1.807) is 32.4 Å². The van der Waals surface area contributed by atoms with Gasteiger partial charge in [0.15, 0.2) is 5.69 Å². The number of nitrogens with one attached hydrogen (secondary N) is 1. The molecular formula is C23H21FN2O4. The first-order chi connectivity index (χ1) is 14.6. The molecule has 0 radical (unpaired) electrons. The Hall–Kier alpha value is -3.45. The van der Waals surface area contributed by atoms with Gasteiger partial charge in [0.2, 0.25) is 0 Å². The zero-order valence-electron chi connectivity index (χ0n) is 16.7. The van der Waals surface area contributed by atoms with Crippen LogP contribution in [0, 0.1) is 5.82 Å². The van der Waals surface area contributed by atoms with Gasteiger partial charge in [0.25, 0.3) is 0 Å². The predicted molar refractivity (Wildman–Crippen MR) is 111 cm³/mol. The number of methoxy groups -OCH3 is 1. The van der Waals surface area contributed by atoms with Gasteiger partial charge in [-0.3, -0.25) is 0 Å². The third-order valence-corrected chi connectivity index (χ3v) is 4.79. The minimum Gasteiger partial charge on any atom is -0.488 e. The van der Waals surface area contributed by atoms with Crippen molar-refractivity contribution in [3.05, 3.63) is 71.3 Å². The molecule has 1 N–H and O–H groups in total. The average Bonchev–Trinajstić information content (AvgIpc) is 3.13. The molecule has 0 aliphatic heterocycles. The molecule has 0 aliphatic rings. The van der Waals surface area contributed by atoms with E-state index < -0.39 is 5.97 Å². The number of carbonyl (C=O) groups is 1. The molecule has 6 nitrogen and oxygen atoms in total. The molecule has 0 fully saturated rings. The van der Waals surface area contributed by atoms with Crippen LogP contribution in [0.5, 0.6) is 5.75 Å². The van der Waals surface area contributed by atoms with E-state index in [9.17, 15) is 9.18 Å². The van der Waals surface area contributed by atoms with Crippen LogP contribution in [0.2, 0.25) is 0 Å². The van der Waals surface area contributed by atoms with Crippen molar-refractivity contribution in [1.82, 2.24) is 9.97 Å². The van der Waals surface area contributed by atoms with Gasteiger partial charge in [-0.05, 0) is 36.8 Å².